The molecule has 7 heteroatoms. The molecule has 1 unspecified atom stereocenters. The fourth-order valence-electron chi connectivity index (χ4n) is 5.62. The van der Waals surface area contributed by atoms with Gasteiger partial charge in [-0.3, -0.25) is 9.59 Å². The largest absolute Gasteiger partial charge is 0.501 e. The molecule has 1 aliphatic carbocycles. The van der Waals surface area contributed by atoms with E-state index < -0.39 is 11.3 Å². The Morgan fingerprint density at radius 1 is 1.00 bits per heavy atom. The number of benzene rings is 1. The van der Waals surface area contributed by atoms with E-state index in [1.54, 1.807) is 0 Å². The van der Waals surface area contributed by atoms with Gasteiger partial charge in [0, 0.05) is 38.3 Å². The summed E-state index contributed by atoms with van der Waals surface area (Å²) in [5.41, 5.74) is 0.509. The van der Waals surface area contributed by atoms with E-state index in [-0.39, 0.29) is 23.6 Å². The molecular formula is C24H29N3O4. The summed E-state index contributed by atoms with van der Waals surface area (Å²) in [5, 5.41) is 10.6. The lowest BCUT2D eigenvalue weighted by atomic mass is 9.83. The van der Waals surface area contributed by atoms with E-state index in [0.717, 1.165) is 31.2 Å². The molecule has 3 aliphatic rings. The molecule has 1 aromatic carbocycles. The molecule has 2 aromatic rings. The van der Waals surface area contributed by atoms with Crippen LogP contribution >= 0.6 is 0 Å². The first-order valence-electron chi connectivity index (χ1n) is 11.4. The van der Waals surface area contributed by atoms with Crippen LogP contribution in [0, 0.1) is 5.92 Å². The molecule has 0 radical (unpaired) electrons. The number of hydrogen-bond acceptors (Lipinski definition) is 5. The van der Waals surface area contributed by atoms with E-state index in [2.05, 4.69) is 17.1 Å². The van der Waals surface area contributed by atoms with Crippen molar-refractivity contribution in [2.24, 2.45) is 5.92 Å². The van der Waals surface area contributed by atoms with Gasteiger partial charge in [0.1, 0.15) is 5.82 Å². The normalized spacial score (nSPS) is 21.3. The summed E-state index contributed by atoms with van der Waals surface area (Å²) in [7, 11) is 0. The van der Waals surface area contributed by atoms with Gasteiger partial charge in [0.15, 0.2) is 5.69 Å². The summed E-state index contributed by atoms with van der Waals surface area (Å²) in [6.07, 6.45) is 6.05. The molecule has 7 nitrogen and oxygen atoms in total. The summed E-state index contributed by atoms with van der Waals surface area (Å²) in [4.78, 5) is 32.3. The van der Waals surface area contributed by atoms with Crippen LogP contribution in [-0.2, 0) is 11.3 Å². The minimum absolute atomic E-state index is 0.0572. The maximum atomic E-state index is 13.5. The van der Waals surface area contributed by atoms with Gasteiger partial charge in [-0.2, -0.15) is 4.98 Å². The number of ether oxygens (including phenoxy) is 1. The van der Waals surface area contributed by atoms with Crippen LogP contribution in [0.25, 0.3) is 0 Å². The first kappa shape index (κ1) is 20.2. The summed E-state index contributed by atoms with van der Waals surface area (Å²) >= 11 is 0. The Bertz CT molecular complexity index is 1010. The Hall–Kier alpha value is -2.67. The number of aromatic nitrogens is 2. The topological polar surface area (TPSA) is 84.7 Å². The number of aromatic hydroxyl groups is 1. The molecule has 1 saturated carbocycles. The fraction of sp³-hybridized carbons (Fsp3) is 0.542. The Labute approximate surface area is 181 Å². The van der Waals surface area contributed by atoms with Crippen molar-refractivity contribution in [1.82, 2.24) is 14.5 Å². The van der Waals surface area contributed by atoms with Crippen molar-refractivity contribution in [1.29, 1.82) is 0 Å². The number of amides is 1. The van der Waals surface area contributed by atoms with Crippen molar-refractivity contribution in [2.75, 3.05) is 19.8 Å². The lowest BCUT2D eigenvalue weighted by Gasteiger charge is -2.39. The molecule has 2 aliphatic heterocycles. The zero-order valence-electron chi connectivity index (χ0n) is 17.7. The monoisotopic (exact) mass is 423 g/mol. The number of hydrogen-bond donors (Lipinski definition) is 1. The molecule has 2 fully saturated rings. The summed E-state index contributed by atoms with van der Waals surface area (Å²) in [6.45, 7) is 2.35. The van der Waals surface area contributed by atoms with Gasteiger partial charge >= 0.3 is 5.56 Å². The van der Waals surface area contributed by atoms with Gasteiger partial charge in [-0.15, -0.1) is 0 Å². The molecule has 31 heavy (non-hydrogen) atoms. The second-order valence-corrected chi connectivity index (χ2v) is 8.90. The van der Waals surface area contributed by atoms with Gasteiger partial charge < -0.3 is 19.3 Å². The zero-order chi connectivity index (χ0) is 21.4. The molecule has 164 valence electrons. The second-order valence-electron chi connectivity index (χ2n) is 8.90. The Balaban J connectivity index is 1.61. The Kier molecular flexibility index (Phi) is 5.52. The minimum atomic E-state index is -0.706. The standard InChI is InChI=1S/C24H29N3O4/c28-21-20-24(30)26(18-10-14-31-15-11-18)12-13-27(20)22(25-23(21)29)19(17-8-4-5-9-17)16-6-2-1-3-7-16/h1-3,6-7,17-19,28H,4-5,8-15H2. The summed E-state index contributed by atoms with van der Waals surface area (Å²) < 4.78 is 7.27. The Morgan fingerprint density at radius 2 is 1.71 bits per heavy atom. The van der Waals surface area contributed by atoms with Crippen molar-refractivity contribution in [3.05, 3.63) is 57.8 Å². The molecule has 1 atom stereocenters. The molecule has 1 N–H and O–H groups in total. The second kappa shape index (κ2) is 8.46. The van der Waals surface area contributed by atoms with Crippen molar-refractivity contribution in [3.8, 4) is 5.75 Å². The van der Waals surface area contributed by atoms with Crippen LogP contribution in [0.3, 0.4) is 0 Å². The van der Waals surface area contributed by atoms with Gasteiger partial charge in [-0.25, -0.2) is 0 Å². The van der Waals surface area contributed by atoms with Gasteiger partial charge in [0.2, 0.25) is 5.75 Å². The van der Waals surface area contributed by atoms with Crippen molar-refractivity contribution < 1.29 is 14.6 Å². The fourth-order valence-corrected chi connectivity index (χ4v) is 5.62. The maximum Gasteiger partial charge on any atom is 0.315 e. The summed E-state index contributed by atoms with van der Waals surface area (Å²) in [5.74, 6) is 0.145. The molecule has 0 spiro atoms. The number of carbonyl (C=O) groups is 1. The van der Waals surface area contributed by atoms with E-state index >= 15 is 0 Å². The lowest BCUT2D eigenvalue weighted by molar-refractivity contribution is 0.0234. The van der Waals surface area contributed by atoms with Crippen molar-refractivity contribution >= 4 is 5.91 Å². The number of carbonyl (C=O) groups excluding carboxylic acids is 1. The minimum Gasteiger partial charge on any atom is -0.501 e. The van der Waals surface area contributed by atoms with Crippen LogP contribution in [0.1, 0.15) is 66.3 Å². The van der Waals surface area contributed by atoms with E-state index in [0.29, 0.717) is 38.0 Å². The predicted octanol–water partition coefficient (Wildman–Crippen LogP) is 2.91. The van der Waals surface area contributed by atoms with E-state index in [1.807, 2.05) is 27.7 Å². The first-order chi connectivity index (χ1) is 15.1. The first-order valence-corrected chi connectivity index (χ1v) is 11.4. The maximum absolute atomic E-state index is 13.5. The predicted molar refractivity (Wildman–Crippen MR) is 115 cm³/mol. The quantitative estimate of drug-likeness (QED) is 0.817. The third kappa shape index (κ3) is 3.65. The van der Waals surface area contributed by atoms with E-state index in [1.165, 1.54) is 12.8 Å². The lowest BCUT2D eigenvalue weighted by Crippen LogP contribution is -2.50. The highest BCUT2D eigenvalue weighted by molar-refractivity contribution is 5.96. The van der Waals surface area contributed by atoms with E-state index in [9.17, 15) is 14.7 Å². The molecule has 1 saturated heterocycles. The van der Waals surface area contributed by atoms with Crippen LogP contribution in [0.15, 0.2) is 35.1 Å². The van der Waals surface area contributed by atoms with Gasteiger partial charge in [-0.05, 0) is 37.2 Å². The molecule has 3 heterocycles. The highest BCUT2D eigenvalue weighted by atomic mass is 16.5. The van der Waals surface area contributed by atoms with Gasteiger partial charge in [0.05, 0.1) is 0 Å². The van der Waals surface area contributed by atoms with Gasteiger partial charge in [-0.1, -0.05) is 43.2 Å². The highest BCUT2D eigenvalue weighted by Gasteiger charge is 2.38. The van der Waals surface area contributed by atoms with Crippen LogP contribution < -0.4 is 5.56 Å². The molecular weight excluding hydrogens is 394 g/mol. The SMILES string of the molecule is O=C1c2c(O)c(=O)nc(C(c3ccccc3)C3CCCC3)n2CCN1C1CCOCC1. The third-order valence-corrected chi connectivity index (χ3v) is 7.16. The molecule has 5 rings (SSSR count). The average molecular weight is 424 g/mol. The molecule has 0 bridgehead atoms. The van der Waals surface area contributed by atoms with Crippen LogP contribution in [0.4, 0.5) is 0 Å². The number of nitrogens with zero attached hydrogens (tertiary/aromatic N) is 3. The number of rotatable bonds is 4. The third-order valence-electron chi connectivity index (χ3n) is 7.16. The van der Waals surface area contributed by atoms with E-state index in [4.69, 9.17) is 4.74 Å². The molecule has 1 aromatic heterocycles. The van der Waals surface area contributed by atoms with Crippen LogP contribution in [-0.4, -0.2) is 51.3 Å². The average Bonchev–Trinajstić information content (AvgIpc) is 3.33. The Morgan fingerprint density at radius 3 is 2.42 bits per heavy atom. The van der Waals surface area contributed by atoms with Crippen LogP contribution in [0.5, 0.6) is 5.75 Å². The smallest absolute Gasteiger partial charge is 0.315 e. The number of fused-ring (bicyclic) bond motifs is 1. The van der Waals surface area contributed by atoms with Crippen molar-refractivity contribution in [3.63, 3.8) is 0 Å². The van der Waals surface area contributed by atoms with Crippen molar-refractivity contribution in [2.45, 2.75) is 57.0 Å². The summed E-state index contributed by atoms with van der Waals surface area (Å²) in [6, 6.07) is 10.2. The van der Waals surface area contributed by atoms with Crippen LogP contribution in [0.2, 0.25) is 0 Å². The molecule has 1 amide bonds. The van der Waals surface area contributed by atoms with Gasteiger partial charge in [0.25, 0.3) is 5.91 Å². The highest BCUT2D eigenvalue weighted by Crippen LogP contribution is 2.41. The zero-order valence-corrected chi connectivity index (χ0v) is 17.7.